The second-order valence-corrected chi connectivity index (χ2v) is 10.0. The Balaban J connectivity index is 1.50. The van der Waals surface area contributed by atoms with Gasteiger partial charge in [0.2, 0.25) is 0 Å². The summed E-state index contributed by atoms with van der Waals surface area (Å²) in [6, 6.07) is 16.4. The molecule has 0 saturated heterocycles. The highest BCUT2D eigenvalue weighted by Gasteiger charge is 2.35. The minimum Gasteiger partial charge on any atom is -0.471 e. The monoisotopic (exact) mass is 565 g/mol. The van der Waals surface area contributed by atoms with Crippen molar-refractivity contribution in [1.82, 2.24) is 14.8 Å². The number of nitrogens with one attached hydrogen (secondary N) is 1. The maximum absolute atomic E-state index is 13.7. The molecule has 0 aliphatic rings. The van der Waals surface area contributed by atoms with Gasteiger partial charge in [-0.15, -0.1) is 11.3 Å². The lowest BCUT2D eigenvalue weighted by Crippen LogP contribution is -2.18. The third-order valence-electron chi connectivity index (χ3n) is 6.07. The first-order chi connectivity index (χ1) is 19.0. The van der Waals surface area contributed by atoms with E-state index in [-0.39, 0.29) is 38.8 Å². The van der Waals surface area contributed by atoms with E-state index < -0.39 is 23.7 Å². The second kappa shape index (κ2) is 10.5. The quantitative estimate of drug-likeness (QED) is 0.245. The van der Waals surface area contributed by atoms with Gasteiger partial charge < -0.3 is 15.8 Å². The number of nitrogens with zero attached hydrogens (tertiary/aromatic N) is 3. The van der Waals surface area contributed by atoms with Crippen molar-refractivity contribution < 1.29 is 27.5 Å². The van der Waals surface area contributed by atoms with E-state index >= 15 is 0 Å². The first-order valence-electron chi connectivity index (χ1n) is 12.0. The molecule has 3 aromatic heterocycles. The Morgan fingerprint density at radius 1 is 1.07 bits per heavy atom. The predicted molar refractivity (Wildman–Crippen MR) is 145 cm³/mol. The fourth-order valence-electron chi connectivity index (χ4n) is 4.11. The van der Waals surface area contributed by atoms with Crippen molar-refractivity contribution in [2.75, 3.05) is 5.32 Å². The van der Waals surface area contributed by atoms with Crippen LogP contribution in [0.15, 0.2) is 66.9 Å². The smallest absolute Gasteiger partial charge is 0.433 e. The molecule has 0 unspecified atom stereocenters. The van der Waals surface area contributed by atoms with E-state index in [1.807, 2.05) is 32.0 Å². The Morgan fingerprint density at radius 2 is 1.82 bits per heavy atom. The minimum absolute atomic E-state index is 0.000432. The summed E-state index contributed by atoms with van der Waals surface area (Å²) < 4.78 is 48.3. The van der Waals surface area contributed by atoms with Crippen molar-refractivity contribution in [3.05, 3.63) is 94.3 Å². The number of thiophene rings is 1. The number of hydrogen-bond acceptors (Lipinski definition) is 6. The van der Waals surface area contributed by atoms with Crippen LogP contribution in [0.25, 0.3) is 21.3 Å². The Bertz CT molecular complexity index is 1750. The Labute approximate surface area is 230 Å². The Hall–Kier alpha value is -4.71. The molecule has 204 valence electrons. The number of pyridine rings is 1. The van der Waals surface area contributed by atoms with Crippen LogP contribution in [-0.2, 0) is 12.9 Å². The van der Waals surface area contributed by atoms with Crippen LogP contribution in [0.3, 0.4) is 0 Å². The maximum Gasteiger partial charge on any atom is 0.433 e. The van der Waals surface area contributed by atoms with E-state index in [9.17, 15) is 22.8 Å². The number of ether oxygens (including phenoxy) is 1. The van der Waals surface area contributed by atoms with Crippen molar-refractivity contribution in [3.63, 3.8) is 0 Å². The molecule has 0 aliphatic carbocycles. The van der Waals surface area contributed by atoms with E-state index in [0.29, 0.717) is 22.6 Å². The van der Waals surface area contributed by atoms with Crippen molar-refractivity contribution in [2.24, 2.45) is 5.73 Å². The summed E-state index contributed by atoms with van der Waals surface area (Å²) in [7, 11) is 0. The number of primary amides is 1. The van der Waals surface area contributed by atoms with E-state index in [1.54, 1.807) is 36.5 Å². The SMILES string of the molecule is Cc1ccc(C)c(OCn2ccc(C(=O)Nc3c(C(N)=O)sc4nc(C(F)(F)F)cc(-c5ccccc5)c34)n2)c1. The minimum atomic E-state index is -4.73. The lowest BCUT2D eigenvalue weighted by Gasteiger charge is -2.12. The summed E-state index contributed by atoms with van der Waals surface area (Å²) in [6.07, 6.45) is -3.18. The molecule has 40 heavy (non-hydrogen) atoms. The maximum atomic E-state index is 13.7. The van der Waals surface area contributed by atoms with Gasteiger partial charge in [-0.1, -0.05) is 42.5 Å². The predicted octanol–water partition coefficient (Wildman–Crippen LogP) is 6.18. The van der Waals surface area contributed by atoms with Gasteiger partial charge in [0.25, 0.3) is 11.8 Å². The number of carbonyl (C=O) groups is 2. The molecule has 3 heterocycles. The van der Waals surface area contributed by atoms with Crippen LogP contribution in [0.2, 0.25) is 0 Å². The summed E-state index contributed by atoms with van der Waals surface area (Å²) in [5.74, 6) is -0.929. The lowest BCUT2D eigenvalue weighted by molar-refractivity contribution is -0.140. The number of carbonyl (C=O) groups excluding carboxylic acids is 2. The highest BCUT2D eigenvalue weighted by atomic mass is 32.1. The third-order valence-corrected chi connectivity index (χ3v) is 7.17. The normalized spacial score (nSPS) is 11.5. The third kappa shape index (κ3) is 5.38. The van der Waals surface area contributed by atoms with E-state index in [0.717, 1.165) is 17.2 Å². The van der Waals surface area contributed by atoms with Gasteiger partial charge in [-0.05, 0) is 54.3 Å². The molecule has 0 saturated carbocycles. The summed E-state index contributed by atoms with van der Waals surface area (Å²) in [5.41, 5.74) is 6.96. The van der Waals surface area contributed by atoms with Gasteiger partial charge in [-0.3, -0.25) is 9.59 Å². The van der Waals surface area contributed by atoms with Gasteiger partial charge in [-0.2, -0.15) is 18.3 Å². The number of halogens is 3. The van der Waals surface area contributed by atoms with E-state index in [2.05, 4.69) is 15.4 Å². The lowest BCUT2D eigenvalue weighted by atomic mass is 10.0. The highest BCUT2D eigenvalue weighted by Crippen LogP contribution is 2.43. The molecule has 0 radical (unpaired) electrons. The average Bonchev–Trinajstić information content (AvgIpc) is 3.54. The van der Waals surface area contributed by atoms with E-state index in [4.69, 9.17) is 10.5 Å². The average molecular weight is 566 g/mol. The topological polar surface area (TPSA) is 112 Å². The van der Waals surface area contributed by atoms with Crippen LogP contribution in [0.5, 0.6) is 5.75 Å². The zero-order valence-corrected chi connectivity index (χ0v) is 22.1. The van der Waals surface area contributed by atoms with Gasteiger partial charge in [0.05, 0.1) is 5.69 Å². The number of alkyl halides is 3. The van der Waals surface area contributed by atoms with Crippen LogP contribution in [0.1, 0.15) is 37.0 Å². The number of aryl methyl sites for hydroxylation is 2. The van der Waals surface area contributed by atoms with Crippen molar-refractivity contribution >= 4 is 39.1 Å². The molecule has 2 aromatic carbocycles. The molecular formula is C28H22F3N5O3S. The molecule has 0 aliphatic heterocycles. The molecule has 8 nitrogen and oxygen atoms in total. The van der Waals surface area contributed by atoms with Gasteiger partial charge in [0.15, 0.2) is 12.4 Å². The number of aromatic nitrogens is 3. The van der Waals surface area contributed by atoms with E-state index in [1.165, 1.54) is 10.7 Å². The first kappa shape index (κ1) is 26.9. The number of hydrogen-bond donors (Lipinski definition) is 2. The van der Waals surface area contributed by atoms with Gasteiger partial charge in [0.1, 0.15) is 21.2 Å². The molecule has 5 aromatic rings. The second-order valence-electron chi connectivity index (χ2n) is 9.01. The summed E-state index contributed by atoms with van der Waals surface area (Å²) in [5, 5.41) is 7.05. The molecule has 0 atom stereocenters. The zero-order chi connectivity index (χ0) is 28.6. The number of rotatable bonds is 7. The van der Waals surface area contributed by atoms with Gasteiger partial charge in [0, 0.05) is 11.6 Å². The number of nitrogens with two attached hydrogens (primary N) is 1. The van der Waals surface area contributed by atoms with Crippen LogP contribution in [0.4, 0.5) is 18.9 Å². The number of anilines is 1. The highest BCUT2D eigenvalue weighted by molar-refractivity contribution is 7.21. The zero-order valence-electron chi connectivity index (χ0n) is 21.2. The number of benzene rings is 2. The molecule has 0 fully saturated rings. The molecule has 2 amide bonds. The Kier molecular flexibility index (Phi) is 7.03. The standard InChI is InChI=1S/C28H22F3N5O3S/c1-15-8-9-16(2)20(12-15)39-14-36-11-10-19(35-36)26(38)34-23-22-18(17-6-4-3-5-7-17)13-21(28(29,30)31)33-27(22)40-24(23)25(32)37/h3-13H,14H2,1-2H3,(H2,32,37)(H,34,38). The molecular weight excluding hydrogens is 543 g/mol. The molecule has 12 heteroatoms. The largest absolute Gasteiger partial charge is 0.471 e. The fourth-order valence-corrected chi connectivity index (χ4v) is 5.12. The van der Waals surface area contributed by atoms with Crippen LogP contribution >= 0.6 is 11.3 Å². The van der Waals surface area contributed by atoms with Crippen LogP contribution < -0.4 is 15.8 Å². The summed E-state index contributed by atoms with van der Waals surface area (Å²) in [6.45, 7) is 3.89. The van der Waals surface area contributed by atoms with Crippen LogP contribution in [-0.4, -0.2) is 26.6 Å². The fraction of sp³-hybridized carbons (Fsp3) is 0.143. The molecule has 5 rings (SSSR count). The van der Waals surface area contributed by atoms with Crippen LogP contribution in [0, 0.1) is 13.8 Å². The van der Waals surface area contributed by atoms with Crippen molar-refractivity contribution in [3.8, 4) is 16.9 Å². The number of fused-ring (bicyclic) bond motifs is 1. The van der Waals surface area contributed by atoms with Crippen molar-refractivity contribution in [1.29, 1.82) is 0 Å². The molecule has 0 spiro atoms. The Morgan fingerprint density at radius 3 is 2.52 bits per heavy atom. The molecule has 0 bridgehead atoms. The van der Waals surface area contributed by atoms with Gasteiger partial charge in [-0.25, -0.2) is 9.67 Å². The molecule has 3 N–H and O–H groups in total. The summed E-state index contributed by atoms with van der Waals surface area (Å²) >= 11 is 0.676. The number of amides is 2. The van der Waals surface area contributed by atoms with Crippen molar-refractivity contribution in [2.45, 2.75) is 26.8 Å². The summed E-state index contributed by atoms with van der Waals surface area (Å²) in [4.78, 5) is 29.0. The first-order valence-corrected chi connectivity index (χ1v) is 12.8. The van der Waals surface area contributed by atoms with Gasteiger partial charge >= 0.3 is 6.18 Å².